The number of hydrogen-bond acceptors (Lipinski definition) is 4. The van der Waals surface area contributed by atoms with Crippen molar-refractivity contribution in [1.29, 1.82) is 0 Å². The topological polar surface area (TPSA) is 79.4 Å². The molecule has 8 heteroatoms. The first kappa shape index (κ1) is 18.8. The second-order valence-electron chi connectivity index (χ2n) is 6.34. The molecule has 0 aliphatic carbocycles. The molecule has 0 bridgehead atoms. The molecule has 1 aliphatic heterocycles. The van der Waals surface area contributed by atoms with E-state index < -0.39 is 10.0 Å². The summed E-state index contributed by atoms with van der Waals surface area (Å²) in [6.07, 6.45) is 2.60. The number of nitrogens with one attached hydrogen (secondary N) is 1. The predicted molar refractivity (Wildman–Crippen MR) is 101 cm³/mol. The third-order valence-corrected chi connectivity index (χ3v) is 6.61. The Balaban J connectivity index is 1.61. The molecule has 1 aromatic carbocycles. The van der Waals surface area contributed by atoms with E-state index in [9.17, 15) is 13.2 Å². The number of nitrogens with zero attached hydrogens (tertiary/aromatic N) is 2. The standard InChI is InChI=1S/C18H20ClN3O3S/c1-13-6-9-20-17(12-13)21-18(23)14-7-10-22(11-8-14)26(24,25)16-4-2-15(19)3-5-16/h2-6,9,12,14H,7-8,10-11H2,1H3,(H,20,21,23). The lowest BCUT2D eigenvalue weighted by Gasteiger charge is -2.30. The SMILES string of the molecule is Cc1ccnc(NC(=O)C2CCN(S(=O)(=O)c3ccc(Cl)cc3)CC2)c1. The van der Waals surface area contributed by atoms with Gasteiger partial charge in [-0.2, -0.15) is 4.31 Å². The number of carbonyl (C=O) groups excluding carboxylic acids is 1. The number of piperidine rings is 1. The fraction of sp³-hybridized carbons (Fsp3) is 0.333. The summed E-state index contributed by atoms with van der Waals surface area (Å²) in [7, 11) is -3.56. The number of hydrogen-bond donors (Lipinski definition) is 1. The molecule has 1 amide bonds. The second-order valence-corrected chi connectivity index (χ2v) is 8.71. The maximum absolute atomic E-state index is 12.7. The monoisotopic (exact) mass is 393 g/mol. The molecule has 0 saturated carbocycles. The van der Waals surface area contributed by atoms with Crippen LogP contribution in [0.3, 0.4) is 0 Å². The Morgan fingerprint density at radius 1 is 1.19 bits per heavy atom. The van der Waals surface area contributed by atoms with Gasteiger partial charge in [0, 0.05) is 30.2 Å². The van der Waals surface area contributed by atoms with Gasteiger partial charge in [-0.15, -0.1) is 0 Å². The molecule has 1 fully saturated rings. The number of halogens is 1. The van der Waals surface area contributed by atoms with E-state index in [1.807, 2.05) is 13.0 Å². The molecule has 0 unspecified atom stereocenters. The average Bonchev–Trinajstić information content (AvgIpc) is 2.62. The third-order valence-electron chi connectivity index (χ3n) is 4.44. The molecule has 138 valence electrons. The van der Waals surface area contributed by atoms with Crippen molar-refractivity contribution < 1.29 is 13.2 Å². The van der Waals surface area contributed by atoms with E-state index >= 15 is 0 Å². The highest BCUT2D eigenvalue weighted by Gasteiger charge is 2.32. The van der Waals surface area contributed by atoms with Gasteiger partial charge >= 0.3 is 0 Å². The zero-order valence-corrected chi connectivity index (χ0v) is 15.9. The van der Waals surface area contributed by atoms with Crippen molar-refractivity contribution in [2.24, 2.45) is 5.92 Å². The number of sulfonamides is 1. The Morgan fingerprint density at radius 2 is 1.85 bits per heavy atom. The van der Waals surface area contributed by atoms with E-state index in [2.05, 4.69) is 10.3 Å². The molecule has 26 heavy (non-hydrogen) atoms. The molecule has 1 aliphatic rings. The van der Waals surface area contributed by atoms with E-state index in [1.54, 1.807) is 24.4 Å². The van der Waals surface area contributed by atoms with Gasteiger partial charge in [0.2, 0.25) is 15.9 Å². The summed E-state index contributed by atoms with van der Waals surface area (Å²) in [6.45, 7) is 2.55. The van der Waals surface area contributed by atoms with Crippen LogP contribution < -0.4 is 5.32 Å². The van der Waals surface area contributed by atoms with Crippen LogP contribution in [0.1, 0.15) is 18.4 Å². The van der Waals surface area contributed by atoms with Gasteiger partial charge < -0.3 is 5.32 Å². The van der Waals surface area contributed by atoms with Crippen LogP contribution in [-0.2, 0) is 14.8 Å². The van der Waals surface area contributed by atoms with Crippen molar-refractivity contribution in [1.82, 2.24) is 9.29 Å². The molecular weight excluding hydrogens is 374 g/mol. The van der Waals surface area contributed by atoms with E-state index in [4.69, 9.17) is 11.6 Å². The summed E-state index contributed by atoms with van der Waals surface area (Å²) >= 11 is 5.82. The van der Waals surface area contributed by atoms with Crippen molar-refractivity contribution in [2.45, 2.75) is 24.7 Å². The van der Waals surface area contributed by atoms with E-state index in [0.29, 0.717) is 36.8 Å². The normalized spacial score (nSPS) is 16.4. The van der Waals surface area contributed by atoms with Gasteiger partial charge in [-0.25, -0.2) is 13.4 Å². The number of aryl methyl sites for hydroxylation is 1. The van der Waals surface area contributed by atoms with Crippen LogP contribution in [0.25, 0.3) is 0 Å². The van der Waals surface area contributed by atoms with Crippen LogP contribution in [0.4, 0.5) is 5.82 Å². The Kier molecular flexibility index (Phi) is 5.60. The maximum atomic E-state index is 12.7. The van der Waals surface area contributed by atoms with Gasteiger partial charge in [-0.05, 0) is 61.7 Å². The number of amides is 1. The van der Waals surface area contributed by atoms with Crippen molar-refractivity contribution in [3.05, 3.63) is 53.2 Å². The average molecular weight is 394 g/mol. The minimum absolute atomic E-state index is 0.119. The molecule has 2 heterocycles. The predicted octanol–water partition coefficient (Wildman–Crippen LogP) is 3.08. The van der Waals surface area contributed by atoms with E-state index in [1.165, 1.54) is 16.4 Å². The van der Waals surface area contributed by atoms with E-state index in [-0.39, 0.29) is 16.7 Å². The highest BCUT2D eigenvalue weighted by Crippen LogP contribution is 2.25. The fourth-order valence-corrected chi connectivity index (χ4v) is 4.54. The summed E-state index contributed by atoms with van der Waals surface area (Å²) < 4.78 is 26.8. The first-order chi connectivity index (χ1) is 12.4. The number of benzene rings is 1. The summed E-state index contributed by atoms with van der Waals surface area (Å²) in [5.41, 5.74) is 1.01. The van der Waals surface area contributed by atoms with E-state index in [0.717, 1.165) is 5.56 Å². The van der Waals surface area contributed by atoms with Crippen LogP contribution in [0.5, 0.6) is 0 Å². The van der Waals surface area contributed by atoms with Crippen LogP contribution in [-0.4, -0.2) is 36.7 Å². The number of anilines is 1. The lowest BCUT2D eigenvalue weighted by Crippen LogP contribution is -2.41. The van der Waals surface area contributed by atoms with Crippen LogP contribution in [0.2, 0.25) is 5.02 Å². The Labute approximate surface area is 158 Å². The summed E-state index contributed by atoms with van der Waals surface area (Å²) in [5, 5.41) is 3.30. The zero-order valence-electron chi connectivity index (χ0n) is 14.4. The van der Waals surface area contributed by atoms with Crippen molar-refractivity contribution in [3.63, 3.8) is 0 Å². The molecule has 6 nitrogen and oxygen atoms in total. The molecule has 0 atom stereocenters. The van der Waals surface area contributed by atoms with Gasteiger partial charge in [-0.1, -0.05) is 11.6 Å². The lowest BCUT2D eigenvalue weighted by atomic mass is 9.97. The second kappa shape index (κ2) is 7.73. The minimum Gasteiger partial charge on any atom is -0.310 e. The minimum atomic E-state index is -3.56. The Hall–Kier alpha value is -1.96. The van der Waals surface area contributed by atoms with Crippen molar-refractivity contribution in [3.8, 4) is 0 Å². The Bertz CT molecular complexity index is 892. The van der Waals surface area contributed by atoms with Gasteiger partial charge in [-0.3, -0.25) is 4.79 Å². The first-order valence-corrected chi connectivity index (χ1v) is 10.2. The smallest absolute Gasteiger partial charge is 0.243 e. The molecule has 1 aromatic heterocycles. The Morgan fingerprint density at radius 3 is 2.46 bits per heavy atom. The largest absolute Gasteiger partial charge is 0.310 e. The van der Waals surface area contributed by atoms with Gasteiger partial charge in [0.15, 0.2) is 0 Å². The summed E-state index contributed by atoms with van der Waals surface area (Å²) in [5.74, 6) is 0.173. The zero-order chi connectivity index (χ0) is 18.7. The first-order valence-electron chi connectivity index (χ1n) is 8.35. The van der Waals surface area contributed by atoms with Gasteiger partial charge in [0.1, 0.15) is 5.82 Å². The number of carbonyl (C=O) groups is 1. The third kappa shape index (κ3) is 4.23. The molecule has 2 aromatic rings. The van der Waals surface area contributed by atoms with Crippen LogP contribution in [0, 0.1) is 12.8 Å². The molecule has 0 spiro atoms. The lowest BCUT2D eigenvalue weighted by molar-refractivity contribution is -0.120. The molecule has 3 rings (SSSR count). The molecule has 1 N–H and O–H groups in total. The quantitative estimate of drug-likeness (QED) is 0.865. The van der Waals surface area contributed by atoms with Crippen molar-refractivity contribution in [2.75, 3.05) is 18.4 Å². The van der Waals surface area contributed by atoms with Crippen LogP contribution in [0.15, 0.2) is 47.5 Å². The number of rotatable bonds is 4. The summed E-state index contributed by atoms with van der Waals surface area (Å²) in [6, 6.07) is 9.78. The fourth-order valence-electron chi connectivity index (χ4n) is 2.95. The highest BCUT2D eigenvalue weighted by atomic mass is 35.5. The number of pyridine rings is 1. The van der Waals surface area contributed by atoms with Gasteiger partial charge in [0.25, 0.3) is 0 Å². The molecular formula is C18H20ClN3O3S. The molecule has 1 saturated heterocycles. The highest BCUT2D eigenvalue weighted by molar-refractivity contribution is 7.89. The number of aromatic nitrogens is 1. The summed E-state index contributed by atoms with van der Waals surface area (Å²) in [4.78, 5) is 16.8. The van der Waals surface area contributed by atoms with Crippen LogP contribution >= 0.6 is 11.6 Å². The van der Waals surface area contributed by atoms with Crippen molar-refractivity contribution >= 4 is 33.3 Å². The van der Waals surface area contributed by atoms with Gasteiger partial charge in [0.05, 0.1) is 4.90 Å². The maximum Gasteiger partial charge on any atom is 0.243 e. The molecule has 0 radical (unpaired) electrons.